The molecule has 1 fully saturated rings. The molecule has 0 spiro atoms. The number of carbonyl (C=O) groups is 1. The molecule has 1 heterocycles. The average molecular weight is 295 g/mol. The van der Waals surface area contributed by atoms with Crippen LogP contribution in [-0.2, 0) is 4.79 Å². The second-order valence-corrected chi connectivity index (χ2v) is 5.97. The predicted molar refractivity (Wildman–Crippen MR) is 87.8 cm³/mol. The molecular weight excluding hydrogens is 274 g/mol. The number of nitrogens with one attached hydrogen (secondary N) is 1. The van der Waals surface area contributed by atoms with Crippen LogP contribution in [0.25, 0.3) is 11.1 Å². The Morgan fingerprint density at radius 1 is 1.00 bits per heavy atom. The van der Waals surface area contributed by atoms with E-state index in [1.807, 2.05) is 26.0 Å². The van der Waals surface area contributed by atoms with Crippen LogP contribution in [0.3, 0.4) is 0 Å². The van der Waals surface area contributed by atoms with Crippen molar-refractivity contribution in [3.8, 4) is 16.9 Å². The molecule has 1 amide bonds. The van der Waals surface area contributed by atoms with Crippen molar-refractivity contribution < 1.29 is 9.53 Å². The first kappa shape index (κ1) is 14.6. The molecule has 22 heavy (non-hydrogen) atoms. The lowest BCUT2D eigenvalue weighted by Crippen LogP contribution is -2.18. The van der Waals surface area contributed by atoms with Crippen LogP contribution >= 0.6 is 0 Å². The second-order valence-electron chi connectivity index (χ2n) is 5.97. The Morgan fingerprint density at radius 2 is 1.59 bits per heavy atom. The normalized spacial score (nSPS) is 17.6. The smallest absolute Gasteiger partial charge is 0.220 e. The molecule has 1 atom stereocenters. The van der Waals surface area contributed by atoms with Gasteiger partial charge in [0.15, 0.2) is 0 Å². The Kier molecular flexibility index (Phi) is 4.14. The Labute approximate surface area is 131 Å². The SMILES string of the molecule is CC(C)Oc1ccc(-c2ccc(C3CCC(=O)N3)cc2)cc1. The first-order chi connectivity index (χ1) is 10.6. The van der Waals surface area contributed by atoms with Crippen LogP contribution < -0.4 is 10.1 Å². The minimum absolute atomic E-state index is 0.148. The van der Waals surface area contributed by atoms with Gasteiger partial charge in [-0.05, 0) is 49.1 Å². The number of rotatable bonds is 4. The van der Waals surface area contributed by atoms with Gasteiger partial charge in [0, 0.05) is 6.42 Å². The lowest BCUT2D eigenvalue weighted by Gasteiger charge is -2.12. The van der Waals surface area contributed by atoms with Crippen molar-refractivity contribution in [1.82, 2.24) is 5.32 Å². The van der Waals surface area contributed by atoms with Gasteiger partial charge < -0.3 is 10.1 Å². The van der Waals surface area contributed by atoms with Gasteiger partial charge in [0.25, 0.3) is 0 Å². The summed E-state index contributed by atoms with van der Waals surface area (Å²) in [6.45, 7) is 4.04. The van der Waals surface area contributed by atoms with E-state index in [9.17, 15) is 4.79 Å². The molecule has 0 aliphatic carbocycles. The van der Waals surface area contributed by atoms with E-state index < -0.39 is 0 Å². The maximum absolute atomic E-state index is 11.3. The highest BCUT2D eigenvalue weighted by molar-refractivity contribution is 5.78. The number of benzene rings is 2. The van der Waals surface area contributed by atoms with Crippen molar-refractivity contribution in [3.63, 3.8) is 0 Å². The van der Waals surface area contributed by atoms with Crippen LogP contribution in [-0.4, -0.2) is 12.0 Å². The van der Waals surface area contributed by atoms with Crippen molar-refractivity contribution in [1.29, 1.82) is 0 Å². The van der Waals surface area contributed by atoms with Gasteiger partial charge in [-0.3, -0.25) is 4.79 Å². The maximum atomic E-state index is 11.3. The van der Waals surface area contributed by atoms with E-state index in [1.165, 1.54) is 11.1 Å². The van der Waals surface area contributed by atoms with Gasteiger partial charge in [-0.1, -0.05) is 36.4 Å². The predicted octanol–water partition coefficient (Wildman–Crippen LogP) is 4.09. The summed E-state index contributed by atoms with van der Waals surface area (Å²) >= 11 is 0. The van der Waals surface area contributed by atoms with E-state index in [0.29, 0.717) is 6.42 Å². The van der Waals surface area contributed by atoms with Crippen LogP contribution in [0.1, 0.15) is 38.3 Å². The van der Waals surface area contributed by atoms with E-state index >= 15 is 0 Å². The number of carbonyl (C=O) groups excluding carboxylic acids is 1. The van der Waals surface area contributed by atoms with Gasteiger partial charge in [-0.25, -0.2) is 0 Å². The summed E-state index contributed by atoms with van der Waals surface area (Å²) in [7, 11) is 0. The van der Waals surface area contributed by atoms with Crippen LogP contribution in [0.15, 0.2) is 48.5 Å². The summed E-state index contributed by atoms with van der Waals surface area (Å²) in [5.74, 6) is 1.04. The second kappa shape index (κ2) is 6.22. The molecule has 3 heteroatoms. The fourth-order valence-electron chi connectivity index (χ4n) is 2.77. The Hall–Kier alpha value is -2.29. The fraction of sp³-hybridized carbons (Fsp3) is 0.316. The largest absolute Gasteiger partial charge is 0.491 e. The van der Waals surface area contributed by atoms with Gasteiger partial charge in [-0.2, -0.15) is 0 Å². The van der Waals surface area contributed by atoms with Crippen LogP contribution in [0, 0.1) is 0 Å². The average Bonchev–Trinajstić information content (AvgIpc) is 2.94. The summed E-state index contributed by atoms with van der Waals surface area (Å²) in [6, 6.07) is 16.7. The summed E-state index contributed by atoms with van der Waals surface area (Å²) in [5, 5.41) is 3.00. The summed E-state index contributed by atoms with van der Waals surface area (Å²) in [4.78, 5) is 11.3. The third-order valence-corrected chi connectivity index (χ3v) is 3.87. The highest BCUT2D eigenvalue weighted by Crippen LogP contribution is 2.27. The van der Waals surface area contributed by atoms with Crippen molar-refractivity contribution in [2.45, 2.75) is 38.8 Å². The number of hydrogen-bond acceptors (Lipinski definition) is 2. The molecular formula is C19H21NO2. The molecule has 1 saturated heterocycles. The quantitative estimate of drug-likeness (QED) is 0.922. The van der Waals surface area contributed by atoms with Gasteiger partial charge >= 0.3 is 0 Å². The summed E-state index contributed by atoms with van der Waals surface area (Å²) in [6.07, 6.45) is 1.70. The molecule has 2 aromatic rings. The van der Waals surface area contributed by atoms with Crippen molar-refractivity contribution in [3.05, 3.63) is 54.1 Å². The van der Waals surface area contributed by atoms with Gasteiger partial charge in [0.05, 0.1) is 12.1 Å². The minimum Gasteiger partial charge on any atom is -0.491 e. The zero-order valence-electron chi connectivity index (χ0n) is 13.0. The lowest BCUT2D eigenvalue weighted by molar-refractivity contribution is -0.119. The highest BCUT2D eigenvalue weighted by Gasteiger charge is 2.21. The minimum atomic E-state index is 0.148. The summed E-state index contributed by atoms with van der Waals surface area (Å²) in [5.41, 5.74) is 3.51. The fourth-order valence-corrected chi connectivity index (χ4v) is 2.77. The van der Waals surface area contributed by atoms with Gasteiger partial charge in [0.2, 0.25) is 5.91 Å². The van der Waals surface area contributed by atoms with E-state index in [2.05, 4.69) is 41.7 Å². The van der Waals surface area contributed by atoms with Crippen molar-refractivity contribution >= 4 is 5.91 Å². The molecule has 3 rings (SSSR count). The standard InChI is InChI=1S/C19H21NO2/c1-13(2)22-17-9-7-15(8-10-17)14-3-5-16(6-4-14)18-11-12-19(21)20-18/h3-10,13,18H,11-12H2,1-2H3,(H,20,21). The molecule has 3 nitrogen and oxygen atoms in total. The topological polar surface area (TPSA) is 38.3 Å². The molecule has 0 bridgehead atoms. The molecule has 114 valence electrons. The molecule has 1 aliphatic heterocycles. The first-order valence-electron chi connectivity index (χ1n) is 7.78. The van der Waals surface area contributed by atoms with E-state index in [4.69, 9.17) is 4.74 Å². The Balaban J connectivity index is 1.73. The third-order valence-electron chi connectivity index (χ3n) is 3.87. The van der Waals surface area contributed by atoms with Crippen molar-refractivity contribution in [2.24, 2.45) is 0 Å². The zero-order chi connectivity index (χ0) is 15.5. The number of ether oxygens (including phenoxy) is 1. The Bertz CT molecular complexity index is 644. The molecule has 1 aliphatic rings. The molecule has 2 aromatic carbocycles. The van der Waals surface area contributed by atoms with E-state index in [0.717, 1.165) is 17.7 Å². The van der Waals surface area contributed by atoms with Crippen LogP contribution in [0.2, 0.25) is 0 Å². The zero-order valence-corrected chi connectivity index (χ0v) is 13.0. The van der Waals surface area contributed by atoms with Gasteiger partial charge in [0.1, 0.15) is 5.75 Å². The van der Waals surface area contributed by atoms with E-state index in [-0.39, 0.29) is 18.1 Å². The maximum Gasteiger partial charge on any atom is 0.220 e. The van der Waals surface area contributed by atoms with Crippen LogP contribution in [0.4, 0.5) is 0 Å². The lowest BCUT2D eigenvalue weighted by atomic mass is 10.00. The van der Waals surface area contributed by atoms with Crippen molar-refractivity contribution in [2.75, 3.05) is 0 Å². The van der Waals surface area contributed by atoms with E-state index in [1.54, 1.807) is 0 Å². The molecule has 1 unspecified atom stereocenters. The highest BCUT2D eigenvalue weighted by atomic mass is 16.5. The molecule has 1 N–H and O–H groups in total. The summed E-state index contributed by atoms with van der Waals surface area (Å²) < 4.78 is 5.66. The van der Waals surface area contributed by atoms with Crippen LogP contribution in [0.5, 0.6) is 5.75 Å². The first-order valence-corrected chi connectivity index (χ1v) is 7.78. The molecule has 0 radical (unpaired) electrons. The molecule has 0 saturated carbocycles. The number of amides is 1. The third kappa shape index (κ3) is 3.30. The van der Waals surface area contributed by atoms with Gasteiger partial charge in [-0.15, -0.1) is 0 Å². The molecule has 0 aromatic heterocycles. The number of hydrogen-bond donors (Lipinski definition) is 1. The monoisotopic (exact) mass is 295 g/mol. The Morgan fingerprint density at radius 3 is 2.09 bits per heavy atom.